The van der Waals surface area contributed by atoms with Gasteiger partial charge in [-0.05, 0) is 24.6 Å². The summed E-state index contributed by atoms with van der Waals surface area (Å²) in [5.41, 5.74) is 3.58. The van der Waals surface area contributed by atoms with Crippen LogP contribution in [0.5, 0.6) is 0 Å². The number of aryl methyl sites for hydroxylation is 1. The minimum absolute atomic E-state index is 0.308. The summed E-state index contributed by atoms with van der Waals surface area (Å²) >= 11 is 6.24. The quantitative estimate of drug-likeness (QED) is 0.518. The van der Waals surface area contributed by atoms with Gasteiger partial charge in [0.05, 0.1) is 52.2 Å². The highest BCUT2D eigenvalue weighted by molar-refractivity contribution is 6.32. The largest absolute Gasteiger partial charge is 0.323 e. The number of carbonyl (C=O) groups is 1. The van der Waals surface area contributed by atoms with Crippen molar-refractivity contribution in [2.24, 2.45) is 0 Å². The molecule has 29 heavy (non-hydrogen) atoms. The number of nitrogens with one attached hydrogen (secondary N) is 2. The van der Waals surface area contributed by atoms with Crippen molar-refractivity contribution in [2.45, 2.75) is 19.8 Å². The van der Waals surface area contributed by atoms with E-state index < -0.39 is 6.03 Å². The first-order valence-corrected chi connectivity index (χ1v) is 9.36. The molecule has 2 amide bonds. The lowest BCUT2D eigenvalue weighted by molar-refractivity contribution is 0.262. The Balaban J connectivity index is 1.54. The highest BCUT2D eigenvalue weighted by atomic mass is 35.5. The van der Waals surface area contributed by atoms with Crippen molar-refractivity contribution in [3.63, 3.8) is 0 Å². The Morgan fingerprint density at radius 3 is 2.69 bits per heavy atom. The van der Waals surface area contributed by atoms with Gasteiger partial charge in [-0.25, -0.2) is 9.78 Å². The number of halogens is 1. The monoisotopic (exact) mass is 408 g/mol. The van der Waals surface area contributed by atoms with Gasteiger partial charge < -0.3 is 10.6 Å². The van der Waals surface area contributed by atoms with E-state index in [0.717, 1.165) is 29.4 Å². The van der Waals surface area contributed by atoms with Crippen molar-refractivity contribution in [3.8, 4) is 5.82 Å². The minimum atomic E-state index is -0.428. The van der Waals surface area contributed by atoms with E-state index in [9.17, 15) is 4.79 Å². The van der Waals surface area contributed by atoms with Crippen LogP contribution < -0.4 is 10.6 Å². The highest BCUT2D eigenvalue weighted by Crippen LogP contribution is 2.25. The summed E-state index contributed by atoms with van der Waals surface area (Å²) in [6, 6.07) is 4.89. The zero-order valence-corrected chi connectivity index (χ0v) is 16.3. The first-order valence-electron chi connectivity index (χ1n) is 8.98. The SMILES string of the molecule is CCCc1c(NC(=O)Nc2cnc(-n3nccn3)c(Cl)c2)cnc2cccnc12. The molecule has 9 nitrogen and oxygen atoms in total. The molecule has 0 spiro atoms. The van der Waals surface area contributed by atoms with Crippen molar-refractivity contribution < 1.29 is 4.79 Å². The maximum Gasteiger partial charge on any atom is 0.323 e. The molecule has 4 aromatic rings. The molecule has 0 bridgehead atoms. The average Bonchev–Trinajstić information content (AvgIpc) is 3.24. The number of urea groups is 1. The van der Waals surface area contributed by atoms with Gasteiger partial charge >= 0.3 is 6.03 Å². The topological polar surface area (TPSA) is 111 Å². The molecule has 0 aliphatic rings. The first kappa shape index (κ1) is 18.8. The molecule has 0 atom stereocenters. The van der Waals surface area contributed by atoms with E-state index >= 15 is 0 Å². The number of carbonyl (C=O) groups excluding carboxylic acids is 1. The molecular weight excluding hydrogens is 392 g/mol. The summed E-state index contributed by atoms with van der Waals surface area (Å²) in [5, 5.41) is 13.9. The molecular formula is C19H17ClN8O. The van der Waals surface area contributed by atoms with Crippen LogP contribution in [0.1, 0.15) is 18.9 Å². The number of nitrogens with zero attached hydrogens (tertiary/aromatic N) is 6. The van der Waals surface area contributed by atoms with Gasteiger partial charge in [0.1, 0.15) is 0 Å². The van der Waals surface area contributed by atoms with Crippen LogP contribution in [-0.2, 0) is 6.42 Å². The fourth-order valence-corrected chi connectivity index (χ4v) is 3.18. The summed E-state index contributed by atoms with van der Waals surface area (Å²) in [7, 11) is 0. The summed E-state index contributed by atoms with van der Waals surface area (Å²) in [6.45, 7) is 2.07. The molecule has 0 radical (unpaired) electrons. The van der Waals surface area contributed by atoms with Crippen molar-refractivity contribution in [3.05, 3.63) is 59.8 Å². The lowest BCUT2D eigenvalue weighted by atomic mass is 10.1. The van der Waals surface area contributed by atoms with E-state index in [1.165, 1.54) is 23.4 Å². The highest BCUT2D eigenvalue weighted by Gasteiger charge is 2.13. The lowest BCUT2D eigenvalue weighted by Gasteiger charge is -2.13. The molecule has 4 aromatic heterocycles. The molecule has 2 N–H and O–H groups in total. The van der Waals surface area contributed by atoms with Crippen molar-refractivity contribution in [1.82, 2.24) is 29.9 Å². The van der Waals surface area contributed by atoms with Crippen LogP contribution in [0.2, 0.25) is 5.02 Å². The van der Waals surface area contributed by atoms with Gasteiger partial charge in [0.2, 0.25) is 0 Å². The fraction of sp³-hybridized carbons (Fsp3) is 0.158. The number of amides is 2. The van der Waals surface area contributed by atoms with Gasteiger partial charge in [-0.2, -0.15) is 10.2 Å². The van der Waals surface area contributed by atoms with Crippen LogP contribution in [-0.4, -0.2) is 36.0 Å². The molecule has 4 rings (SSSR count). The van der Waals surface area contributed by atoms with Gasteiger partial charge in [-0.3, -0.25) is 9.97 Å². The first-order chi connectivity index (χ1) is 14.2. The Labute approximate surface area is 171 Å². The Kier molecular flexibility index (Phi) is 5.30. The standard InChI is InChI=1S/C19H17ClN8O/c1-2-4-13-16(11-22-15-5-3-6-21-17(13)15)27-19(29)26-12-9-14(20)18(23-10-12)28-24-7-8-25-28/h3,5-11H,2,4H2,1H3,(H2,26,27,29). The molecule has 146 valence electrons. The number of hydrogen-bond acceptors (Lipinski definition) is 6. The third kappa shape index (κ3) is 3.99. The van der Waals surface area contributed by atoms with Gasteiger partial charge in [0.15, 0.2) is 5.82 Å². The van der Waals surface area contributed by atoms with E-state index in [1.54, 1.807) is 18.5 Å². The van der Waals surface area contributed by atoms with E-state index in [-0.39, 0.29) is 0 Å². The van der Waals surface area contributed by atoms with Gasteiger partial charge in [0, 0.05) is 11.8 Å². The Morgan fingerprint density at radius 2 is 1.93 bits per heavy atom. The van der Waals surface area contributed by atoms with Crippen LogP contribution in [0.15, 0.2) is 49.2 Å². The van der Waals surface area contributed by atoms with Crippen molar-refractivity contribution in [1.29, 1.82) is 0 Å². The number of pyridine rings is 3. The molecule has 0 saturated heterocycles. The predicted molar refractivity (Wildman–Crippen MR) is 110 cm³/mol. The molecule has 0 aliphatic carbocycles. The van der Waals surface area contributed by atoms with E-state index in [0.29, 0.717) is 22.2 Å². The molecule has 4 heterocycles. The molecule has 0 saturated carbocycles. The number of rotatable bonds is 5. The second-order valence-electron chi connectivity index (χ2n) is 6.20. The van der Waals surface area contributed by atoms with Gasteiger partial charge in [0.25, 0.3) is 0 Å². The second-order valence-corrected chi connectivity index (χ2v) is 6.61. The van der Waals surface area contributed by atoms with Crippen LogP contribution in [0.4, 0.5) is 16.2 Å². The maximum atomic E-state index is 12.5. The van der Waals surface area contributed by atoms with Crippen LogP contribution in [0.25, 0.3) is 16.9 Å². The smallest absolute Gasteiger partial charge is 0.306 e. The van der Waals surface area contributed by atoms with Gasteiger partial charge in [-0.15, -0.1) is 4.80 Å². The minimum Gasteiger partial charge on any atom is -0.306 e. The summed E-state index contributed by atoms with van der Waals surface area (Å²) in [6.07, 6.45) is 9.58. The van der Waals surface area contributed by atoms with E-state index in [1.807, 2.05) is 12.1 Å². The lowest BCUT2D eigenvalue weighted by Crippen LogP contribution is -2.21. The molecule has 0 unspecified atom stereocenters. The molecule has 10 heteroatoms. The Bertz CT molecular complexity index is 1160. The Morgan fingerprint density at radius 1 is 1.10 bits per heavy atom. The third-order valence-corrected chi connectivity index (χ3v) is 4.44. The second kappa shape index (κ2) is 8.19. The van der Waals surface area contributed by atoms with Crippen LogP contribution in [0.3, 0.4) is 0 Å². The molecule has 0 aromatic carbocycles. The summed E-state index contributed by atoms with van der Waals surface area (Å²) in [4.78, 5) is 26.8. The van der Waals surface area contributed by atoms with Crippen LogP contribution >= 0.6 is 11.6 Å². The number of aromatic nitrogens is 6. The summed E-state index contributed by atoms with van der Waals surface area (Å²) in [5.74, 6) is 0.373. The number of fused-ring (bicyclic) bond motifs is 1. The van der Waals surface area contributed by atoms with Crippen molar-refractivity contribution >= 4 is 40.0 Å². The maximum absolute atomic E-state index is 12.5. The average molecular weight is 409 g/mol. The van der Waals surface area contributed by atoms with E-state index in [2.05, 4.69) is 42.7 Å². The zero-order chi connectivity index (χ0) is 20.2. The van der Waals surface area contributed by atoms with Gasteiger partial charge in [-0.1, -0.05) is 24.9 Å². The number of hydrogen-bond donors (Lipinski definition) is 2. The molecule has 0 aliphatic heterocycles. The predicted octanol–water partition coefficient (Wildman–Crippen LogP) is 3.86. The Hall–Kier alpha value is -3.59. The van der Waals surface area contributed by atoms with Crippen molar-refractivity contribution in [2.75, 3.05) is 10.6 Å². The number of anilines is 2. The third-order valence-electron chi connectivity index (χ3n) is 4.17. The normalized spacial score (nSPS) is 10.8. The summed E-state index contributed by atoms with van der Waals surface area (Å²) < 4.78 is 0. The molecule has 0 fully saturated rings. The fourth-order valence-electron chi connectivity index (χ4n) is 2.94. The van der Waals surface area contributed by atoms with E-state index in [4.69, 9.17) is 11.6 Å². The zero-order valence-electron chi connectivity index (χ0n) is 15.5. The van der Waals surface area contributed by atoms with Crippen LogP contribution in [0, 0.1) is 0 Å².